The van der Waals surface area contributed by atoms with Gasteiger partial charge in [0.15, 0.2) is 0 Å². The van der Waals surface area contributed by atoms with Crippen molar-refractivity contribution in [3.8, 4) is 11.5 Å². The Bertz CT molecular complexity index is 603. The molecule has 1 aliphatic heterocycles. The van der Waals surface area contributed by atoms with Crippen molar-refractivity contribution in [2.45, 2.75) is 51.6 Å². The minimum atomic E-state index is -0.364. The number of amides is 2. The highest BCUT2D eigenvalue weighted by Crippen LogP contribution is 2.25. The van der Waals surface area contributed by atoms with Crippen LogP contribution in [0.1, 0.15) is 44.6 Å². The molecule has 0 aliphatic carbocycles. The van der Waals surface area contributed by atoms with Crippen LogP contribution in [0.4, 0.5) is 0 Å². The molecule has 6 nitrogen and oxygen atoms in total. The summed E-state index contributed by atoms with van der Waals surface area (Å²) < 4.78 is 10.5. The van der Waals surface area contributed by atoms with Crippen LogP contribution >= 0.6 is 0 Å². The average molecular weight is 348 g/mol. The predicted octanol–water partition coefficient (Wildman–Crippen LogP) is 2.50. The van der Waals surface area contributed by atoms with Crippen molar-refractivity contribution in [1.29, 1.82) is 0 Å². The van der Waals surface area contributed by atoms with E-state index < -0.39 is 0 Å². The first kappa shape index (κ1) is 19.1. The minimum Gasteiger partial charge on any atom is -0.497 e. The topological polar surface area (TPSA) is 67.9 Å². The van der Waals surface area contributed by atoms with Gasteiger partial charge in [-0.1, -0.05) is 6.92 Å². The third kappa shape index (κ3) is 4.87. The van der Waals surface area contributed by atoms with Crippen molar-refractivity contribution in [2.75, 3.05) is 20.8 Å². The monoisotopic (exact) mass is 348 g/mol. The largest absolute Gasteiger partial charge is 0.497 e. The minimum absolute atomic E-state index is 0.0735. The second-order valence-corrected chi connectivity index (χ2v) is 6.24. The Labute approximate surface area is 149 Å². The van der Waals surface area contributed by atoms with Gasteiger partial charge in [0.1, 0.15) is 17.5 Å². The number of benzene rings is 1. The highest BCUT2D eigenvalue weighted by Gasteiger charge is 2.31. The van der Waals surface area contributed by atoms with Gasteiger partial charge in [-0.2, -0.15) is 0 Å². The molecule has 1 fully saturated rings. The highest BCUT2D eigenvalue weighted by molar-refractivity contribution is 5.87. The second kappa shape index (κ2) is 9.30. The fourth-order valence-corrected chi connectivity index (χ4v) is 3.16. The van der Waals surface area contributed by atoms with Crippen LogP contribution in [-0.4, -0.2) is 43.5 Å². The van der Waals surface area contributed by atoms with Gasteiger partial charge in [-0.15, -0.1) is 0 Å². The molecule has 1 atom stereocenters. The van der Waals surface area contributed by atoms with E-state index in [4.69, 9.17) is 9.47 Å². The molecule has 0 radical (unpaired) electrons. The maximum atomic E-state index is 12.6. The zero-order valence-corrected chi connectivity index (χ0v) is 15.3. The molecular formula is C19H28N2O4. The third-order valence-electron chi connectivity index (χ3n) is 4.54. The third-order valence-corrected chi connectivity index (χ3v) is 4.54. The summed E-state index contributed by atoms with van der Waals surface area (Å²) in [5, 5.41) is 2.95. The summed E-state index contributed by atoms with van der Waals surface area (Å²) in [7, 11) is 3.19. The number of hydrogen-bond acceptors (Lipinski definition) is 4. The van der Waals surface area contributed by atoms with Crippen molar-refractivity contribution >= 4 is 11.8 Å². The van der Waals surface area contributed by atoms with E-state index in [9.17, 15) is 9.59 Å². The van der Waals surface area contributed by atoms with Crippen LogP contribution in [0.5, 0.6) is 11.5 Å². The Morgan fingerprint density at radius 3 is 2.72 bits per heavy atom. The van der Waals surface area contributed by atoms with Gasteiger partial charge in [-0.05, 0) is 37.8 Å². The molecule has 1 N–H and O–H groups in total. The number of likely N-dealkylation sites (tertiary alicyclic amines) is 1. The Kier molecular flexibility index (Phi) is 7.10. The molecule has 0 bridgehead atoms. The van der Waals surface area contributed by atoms with Crippen LogP contribution in [0.25, 0.3) is 0 Å². The van der Waals surface area contributed by atoms with E-state index in [0.29, 0.717) is 31.0 Å². The molecule has 25 heavy (non-hydrogen) atoms. The van der Waals surface area contributed by atoms with Gasteiger partial charge < -0.3 is 19.7 Å². The summed E-state index contributed by atoms with van der Waals surface area (Å²) in [6.45, 7) is 3.01. The van der Waals surface area contributed by atoms with Crippen molar-refractivity contribution in [3.63, 3.8) is 0 Å². The summed E-state index contributed by atoms with van der Waals surface area (Å²) >= 11 is 0. The lowest BCUT2D eigenvalue weighted by Gasteiger charge is -2.34. The average Bonchev–Trinajstić information content (AvgIpc) is 2.66. The lowest BCUT2D eigenvalue weighted by molar-refractivity contribution is -0.142. The Hall–Kier alpha value is -2.24. The molecule has 1 heterocycles. The number of rotatable bonds is 7. The molecular weight excluding hydrogens is 320 g/mol. The molecule has 1 aromatic carbocycles. The van der Waals surface area contributed by atoms with E-state index in [-0.39, 0.29) is 17.9 Å². The number of hydrogen-bond donors (Lipinski definition) is 1. The number of nitrogens with one attached hydrogen (secondary N) is 1. The first-order valence-electron chi connectivity index (χ1n) is 8.88. The van der Waals surface area contributed by atoms with Gasteiger partial charge in [-0.3, -0.25) is 9.59 Å². The molecule has 2 rings (SSSR count). The van der Waals surface area contributed by atoms with Crippen LogP contribution in [0.2, 0.25) is 0 Å². The summed E-state index contributed by atoms with van der Waals surface area (Å²) in [4.78, 5) is 26.7. The smallest absolute Gasteiger partial charge is 0.243 e. The molecule has 138 valence electrons. The Morgan fingerprint density at radius 1 is 1.24 bits per heavy atom. The fraction of sp³-hybridized carbons (Fsp3) is 0.579. The van der Waals surface area contributed by atoms with Crippen molar-refractivity contribution in [1.82, 2.24) is 10.2 Å². The SMILES string of the molecule is CCCC(=O)N1CCCCC1C(=O)NCc1ccc(OC)cc1OC. The van der Waals surface area contributed by atoms with Crippen molar-refractivity contribution < 1.29 is 19.1 Å². The van der Waals surface area contributed by atoms with E-state index in [0.717, 1.165) is 31.2 Å². The van der Waals surface area contributed by atoms with Crippen LogP contribution < -0.4 is 14.8 Å². The zero-order valence-electron chi connectivity index (χ0n) is 15.3. The standard InChI is InChI=1S/C19H28N2O4/c1-4-7-18(22)21-11-6-5-8-16(21)19(23)20-13-14-9-10-15(24-2)12-17(14)25-3/h9-10,12,16H,4-8,11,13H2,1-3H3,(H,20,23). The zero-order chi connectivity index (χ0) is 18.2. The number of nitrogens with zero attached hydrogens (tertiary/aromatic N) is 1. The predicted molar refractivity (Wildman–Crippen MR) is 95.7 cm³/mol. The summed E-state index contributed by atoms with van der Waals surface area (Å²) in [6.07, 6.45) is 3.95. The summed E-state index contributed by atoms with van der Waals surface area (Å²) in [5.41, 5.74) is 0.874. The van der Waals surface area contributed by atoms with Gasteiger partial charge in [0.2, 0.25) is 11.8 Å². The second-order valence-electron chi connectivity index (χ2n) is 6.24. The number of ether oxygens (including phenoxy) is 2. The summed E-state index contributed by atoms with van der Waals surface area (Å²) in [5.74, 6) is 1.35. The maximum Gasteiger partial charge on any atom is 0.243 e. The van der Waals surface area contributed by atoms with E-state index >= 15 is 0 Å². The Morgan fingerprint density at radius 2 is 2.04 bits per heavy atom. The van der Waals surface area contributed by atoms with Gasteiger partial charge >= 0.3 is 0 Å². The van der Waals surface area contributed by atoms with E-state index in [1.54, 1.807) is 25.2 Å². The van der Waals surface area contributed by atoms with Crippen LogP contribution in [0, 0.1) is 0 Å². The molecule has 6 heteroatoms. The number of piperidine rings is 1. The molecule has 2 amide bonds. The lowest BCUT2D eigenvalue weighted by Crippen LogP contribution is -2.51. The molecule has 0 spiro atoms. The molecule has 1 saturated heterocycles. The summed E-state index contributed by atoms with van der Waals surface area (Å²) in [6, 6.07) is 5.14. The molecule has 1 unspecified atom stereocenters. The van der Waals surface area contributed by atoms with E-state index in [2.05, 4.69) is 5.32 Å². The first-order chi connectivity index (χ1) is 12.1. The number of methoxy groups -OCH3 is 2. The number of carbonyl (C=O) groups excluding carboxylic acids is 2. The van der Waals surface area contributed by atoms with E-state index in [1.165, 1.54) is 0 Å². The maximum absolute atomic E-state index is 12.6. The van der Waals surface area contributed by atoms with Gasteiger partial charge in [0.05, 0.1) is 14.2 Å². The highest BCUT2D eigenvalue weighted by atomic mass is 16.5. The van der Waals surface area contributed by atoms with Gasteiger partial charge in [0, 0.05) is 31.1 Å². The molecule has 0 saturated carbocycles. The van der Waals surface area contributed by atoms with Crippen LogP contribution in [0.3, 0.4) is 0 Å². The lowest BCUT2D eigenvalue weighted by atomic mass is 10.0. The van der Waals surface area contributed by atoms with Gasteiger partial charge in [0.25, 0.3) is 0 Å². The van der Waals surface area contributed by atoms with Crippen LogP contribution in [0.15, 0.2) is 18.2 Å². The Balaban J connectivity index is 2.02. The molecule has 1 aliphatic rings. The molecule has 0 aromatic heterocycles. The first-order valence-corrected chi connectivity index (χ1v) is 8.88. The van der Waals surface area contributed by atoms with Gasteiger partial charge in [-0.25, -0.2) is 0 Å². The fourth-order valence-electron chi connectivity index (χ4n) is 3.16. The normalized spacial score (nSPS) is 17.1. The van der Waals surface area contributed by atoms with E-state index in [1.807, 2.05) is 19.1 Å². The molecule has 1 aromatic rings. The number of carbonyl (C=O) groups is 2. The quantitative estimate of drug-likeness (QED) is 0.822. The van der Waals surface area contributed by atoms with Crippen LogP contribution in [-0.2, 0) is 16.1 Å². The van der Waals surface area contributed by atoms with Crippen molar-refractivity contribution in [3.05, 3.63) is 23.8 Å². The van der Waals surface area contributed by atoms with Crippen molar-refractivity contribution in [2.24, 2.45) is 0 Å².